The van der Waals surface area contributed by atoms with Crippen molar-refractivity contribution in [3.05, 3.63) is 27.5 Å². The first kappa shape index (κ1) is 13.3. The molecule has 0 saturated heterocycles. The van der Waals surface area contributed by atoms with E-state index < -0.39 is 30.4 Å². The first-order chi connectivity index (χ1) is 7.29. The zero-order valence-corrected chi connectivity index (χ0v) is 9.24. The fourth-order valence-electron chi connectivity index (χ4n) is 1.21. The summed E-state index contributed by atoms with van der Waals surface area (Å²) < 4.78 is 62.4. The van der Waals surface area contributed by atoms with Crippen molar-refractivity contribution in [2.75, 3.05) is 0 Å². The van der Waals surface area contributed by atoms with Crippen molar-refractivity contribution in [3.8, 4) is 0 Å². The van der Waals surface area contributed by atoms with Crippen LogP contribution in [0.4, 0.5) is 22.0 Å². The van der Waals surface area contributed by atoms with Gasteiger partial charge in [0.25, 0.3) is 6.43 Å². The second kappa shape index (κ2) is 4.62. The number of nitrogens with two attached hydrogens (primary N) is 1. The topological polar surface area (TPSA) is 38.9 Å². The average molecular weight is 305 g/mol. The number of hydrogen-bond donors (Lipinski definition) is 1. The Labute approximate surface area is 95.8 Å². The Morgan fingerprint density at radius 3 is 2.31 bits per heavy atom. The van der Waals surface area contributed by atoms with Crippen molar-refractivity contribution in [2.45, 2.75) is 19.1 Å². The van der Waals surface area contributed by atoms with Crippen molar-refractivity contribution in [2.24, 2.45) is 5.73 Å². The van der Waals surface area contributed by atoms with Gasteiger partial charge in [-0.3, -0.25) is 4.98 Å². The van der Waals surface area contributed by atoms with Gasteiger partial charge in [-0.05, 0) is 21.5 Å². The monoisotopic (exact) mass is 304 g/mol. The van der Waals surface area contributed by atoms with E-state index in [1.54, 1.807) is 0 Å². The van der Waals surface area contributed by atoms with Gasteiger partial charge in [0.1, 0.15) is 0 Å². The lowest BCUT2D eigenvalue weighted by Gasteiger charge is -2.15. The summed E-state index contributed by atoms with van der Waals surface area (Å²) in [6.45, 7) is -0.425. The van der Waals surface area contributed by atoms with E-state index in [4.69, 9.17) is 5.73 Å². The summed E-state index contributed by atoms with van der Waals surface area (Å²) in [6, 6.07) is 0. The minimum atomic E-state index is -4.92. The molecule has 0 unspecified atom stereocenters. The second-order valence-corrected chi connectivity index (χ2v) is 3.70. The van der Waals surface area contributed by atoms with Gasteiger partial charge >= 0.3 is 6.18 Å². The van der Waals surface area contributed by atoms with Crippen LogP contribution >= 0.6 is 15.9 Å². The lowest BCUT2D eigenvalue weighted by molar-refractivity contribution is -0.143. The molecular weight excluding hydrogens is 299 g/mol. The van der Waals surface area contributed by atoms with Crippen LogP contribution in [0.25, 0.3) is 0 Å². The van der Waals surface area contributed by atoms with E-state index in [0.717, 1.165) is 6.20 Å². The lowest BCUT2D eigenvalue weighted by Crippen LogP contribution is -2.16. The fourth-order valence-corrected chi connectivity index (χ4v) is 1.69. The molecule has 1 aromatic rings. The SMILES string of the molecule is NCc1c(Br)cnc(C(F)(F)F)c1C(F)F. The van der Waals surface area contributed by atoms with E-state index in [1.807, 2.05) is 0 Å². The van der Waals surface area contributed by atoms with Crippen molar-refractivity contribution in [1.82, 2.24) is 4.98 Å². The van der Waals surface area contributed by atoms with Crippen molar-refractivity contribution in [3.63, 3.8) is 0 Å². The molecule has 16 heavy (non-hydrogen) atoms. The normalized spacial score (nSPS) is 12.2. The first-order valence-electron chi connectivity index (χ1n) is 4.01. The number of rotatable bonds is 2. The third kappa shape index (κ3) is 2.49. The lowest BCUT2D eigenvalue weighted by atomic mass is 10.1. The molecule has 0 saturated carbocycles. The molecule has 0 aliphatic rings. The molecule has 90 valence electrons. The highest BCUT2D eigenvalue weighted by molar-refractivity contribution is 9.10. The summed E-state index contributed by atoms with van der Waals surface area (Å²) in [6.07, 6.45) is -7.38. The highest BCUT2D eigenvalue weighted by Gasteiger charge is 2.39. The molecular formula is C8H6BrF5N2. The predicted octanol–water partition coefficient (Wildman–Crippen LogP) is 3.26. The third-order valence-electron chi connectivity index (χ3n) is 1.87. The molecule has 0 aromatic carbocycles. The molecule has 0 atom stereocenters. The molecule has 1 rings (SSSR count). The first-order valence-corrected chi connectivity index (χ1v) is 4.81. The molecule has 8 heteroatoms. The molecule has 1 heterocycles. The summed E-state index contributed by atoms with van der Waals surface area (Å²) in [5.41, 5.74) is 2.11. The number of pyridine rings is 1. The summed E-state index contributed by atoms with van der Waals surface area (Å²) in [4.78, 5) is 2.97. The van der Waals surface area contributed by atoms with Gasteiger partial charge in [-0.1, -0.05) is 0 Å². The molecule has 0 bridgehead atoms. The zero-order chi connectivity index (χ0) is 12.5. The number of alkyl halides is 5. The maximum Gasteiger partial charge on any atom is 0.433 e. The fraction of sp³-hybridized carbons (Fsp3) is 0.375. The Hall–Kier alpha value is -0.760. The van der Waals surface area contributed by atoms with E-state index in [2.05, 4.69) is 20.9 Å². The molecule has 0 aliphatic carbocycles. The van der Waals surface area contributed by atoms with Crippen LogP contribution in [-0.2, 0) is 12.7 Å². The maximum absolute atomic E-state index is 12.6. The van der Waals surface area contributed by atoms with E-state index in [1.165, 1.54) is 0 Å². The Balaban J connectivity index is 3.52. The Morgan fingerprint density at radius 1 is 1.38 bits per heavy atom. The smallest absolute Gasteiger partial charge is 0.326 e. The van der Waals surface area contributed by atoms with E-state index in [0.29, 0.717) is 0 Å². The van der Waals surface area contributed by atoms with Crippen LogP contribution in [0, 0.1) is 0 Å². The number of nitrogens with zero attached hydrogens (tertiary/aromatic N) is 1. The van der Waals surface area contributed by atoms with Crippen molar-refractivity contribution < 1.29 is 22.0 Å². The van der Waals surface area contributed by atoms with Crippen LogP contribution < -0.4 is 5.73 Å². The van der Waals surface area contributed by atoms with Crippen molar-refractivity contribution in [1.29, 1.82) is 0 Å². The molecule has 0 fully saturated rings. The van der Waals surface area contributed by atoms with Crippen LogP contribution in [0.5, 0.6) is 0 Å². The largest absolute Gasteiger partial charge is 0.433 e. The highest BCUT2D eigenvalue weighted by atomic mass is 79.9. The quantitative estimate of drug-likeness (QED) is 0.852. The minimum Gasteiger partial charge on any atom is -0.326 e. The summed E-state index contributed by atoms with van der Waals surface area (Å²) >= 11 is 2.83. The van der Waals surface area contributed by atoms with Crippen LogP contribution in [-0.4, -0.2) is 4.98 Å². The maximum atomic E-state index is 12.6. The predicted molar refractivity (Wildman–Crippen MR) is 49.8 cm³/mol. The molecule has 2 nitrogen and oxygen atoms in total. The number of halogens is 6. The molecule has 0 radical (unpaired) electrons. The van der Waals surface area contributed by atoms with Gasteiger partial charge in [0.15, 0.2) is 5.69 Å². The van der Waals surface area contributed by atoms with Crippen LogP contribution in [0.15, 0.2) is 10.7 Å². The van der Waals surface area contributed by atoms with Crippen LogP contribution in [0.3, 0.4) is 0 Å². The second-order valence-electron chi connectivity index (χ2n) is 2.85. The zero-order valence-electron chi connectivity index (χ0n) is 7.65. The summed E-state index contributed by atoms with van der Waals surface area (Å²) in [5, 5.41) is 0. The van der Waals surface area contributed by atoms with Gasteiger partial charge in [-0.25, -0.2) is 8.78 Å². The van der Waals surface area contributed by atoms with E-state index >= 15 is 0 Å². The average Bonchev–Trinajstić information content (AvgIpc) is 2.14. The van der Waals surface area contributed by atoms with Gasteiger partial charge in [0.05, 0.1) is 5.56 Å². The van der Waals surface area contributed by atoms with Crippen LogP contribution in [0.2, 0.25) is 0 Å². The minimum absolute atomic E-state index is 0.0401. The van der Waals surface area contributed by atoms with E-state index in [-0.39, 0.29) is 10.0 Å². The number of hydrogen-bond acceptors (Lipinski definition) is 2. The van der Waals surface area contributed by atoms with Gasteiger partial charge < -0.3 is 5.73 Å². The van der Waals surface area contributed by atoms with Crippen molar-refractivity contribution >= 4 is 15.9 Å². The van der Waals surface area contributed by atoms with Gasteiger partial charge in [-0.15, -0.1) is 0 Å². The highest BCUT2D eigenvalue weighted by Crippen LogP contribution is 2.38. The Morgan fingerprint density at radius 2 is 1.94 bits per heavy atom. The standard InChI is InChI=1S/C8H6BrF5N2/c9-4-2-16-6(8(12,13)14)5(7(10)11)3(4)1-15/h2,7H,1,15H2. The molecule has 0 amide bonds. The van der Waals surface area contributed by atoms with Gasteiger partial charge in [0.2, 0.25) is 0 Å². The van der Waals surface area contributed by atoms with Gasteiger partial charge in [0, 0.05) is 17.2 Å². The molecule has 0 spiro atoms. The Bertz CT molecular complexity index is 391. The molecule has 2 N–H and O–H groups in total. The van der Waals surface area contributed by atoms with E-state index in [9.17, 15) is 22.0 Å². The molecule has 1 aromatic heterocycles. The number of aromatic nitrogens is 1. The Kier molecular flexibility index (Phi) is 3.84. The third-order valence-corrected chi connectivity index (χ3v) is 2.55. The molecule has 0 aliphatic heterocycles. The summed E-state index contributed by atoms with van der Waals surface area (Å²) in [7, 11) is 0. The van der Waals surface area contributed by atoms with Gasteiger partial charge in [-0.2, -0.15) is 13.2 Å². The van der Waals surface area contributed by atoms with Crippen LogP contribution in [0.1, 0.15) is 23.2 Å². The summed E-state index contributed by atoms with van der Waals surface area (Å²) in [5.74, 6) is 0.